The summed E-state index contributed by atoms with van der Waals surface area (Å²) in [7, 11) is 0. The molecule has 0 aromatic rings. The van der Waals surface area contributed by atoms with Crippen LogP contribution in [-0.2, 0) is 23.7 Å². The SMILES string of the molecule is CC(C)OC1=C(OC(C)C)[C@@](O)(C2=CCC[C@@H]3OC(C)(C)O[C@H]23)C1=O. The number of aliphatic hydroxyl groups is 1. The highest BCUT2D eigenvalue weighted by Crippen LogP contribution is 2.49. The fraction of sp³-hybridized carbons (Fsp3) is 0.737. The van der Waals surface area contributed by atoms with E-state index in [-0.39, 0.29) is 29.8 Å². The minimum Gasteiger partial charge on any atom is -0.487 e. The molecule has 3 atom stereocenters. The average molecular weight is 352 g/mol. The van der Waals surface area contributed by atoms with Crippen molar-refractivity contribution >= 4 is 5.78 Å². The van der Waals surface area contributed by atoms with Crippen LogP contribution in [0.4, 0.5) is 0 Å². The van der Waals surface area contributed by atoms with Gasteiger partial charge in [-0.3, -0.25) is 4.79 Å². The van der Waals surface area contributed by atoms with Crippen LogP contribution in [0.5, 0.6) is 0 Å². The molecule has 6 heteroatoms. The number of fused-ring (bicyclic) bond motifs is 1. The summed E-state index contributed by atoms with van der Waals surface area (Å²) in [5.41, 5.74) is -1.33. The van der Waals surface area contributed by atoms with Crippen molar-refractivity contribution in [2.24, 2.45) is 0 Å². The Morgan fingerprint density at radius 3 is 2.40 bits per heavy atom. The molecule has 1 aliphatic heterocycles. The lowest BCUT2D eigenvalue weighted by molar-refractivity contribution is -0.153. The van der Waals surface area contributed by atoms with E-state index < -0.39 is 23.3 Å². The van der Waals surface area contributed by atoms with E-state index in [1.807, 2.05) is 47.6 Å². The molecule has 0 unspecified atom stereocenters. The van der Waals surface area contributed by atoms with E-state index in [0.717, 1.165) is 6.42 Å². The standard InChI is InChI=1S/C19H28O6/c1-10(2)22-15-16(20)19(21,17(15)23-11(3)4)12-8-7-9-13-14(12)25-18(5,6)24-13/h8,10-11,13-14,21H,7,9H2,1-6H3/t13-,14+,19+/m0/s1. The molecule has 1 N–H and O–H groups in total. The summed E-state index contributed by atoms with van der Waals surface area (Å²) in [6, 6.07) is 0. The first-order chi connectivity index (χ1) is 11.6. The van der Waals surface area contributed by atoms with Crippen molar-refractivity contribution in [3.8, 4) is 0 Å². The van der Waals surface area contributed by atoms with E-state index in [1.54, 1.807) is 0 Å². The summed E-state index contributed by atoms with van der Waals surface area (Å²) >= 11 is 0. The molecular formula is C19H28O6. The quantitative estimate of drug-likeness (QED) is 0.767. The van der Waals surface area contributed by atoms with Crippen LogP contribution in [-0.4, -0.2) is 46.7 Å². The van der Waals surface area contributed by atoms with Crippen LogP contribution in [0, 0.1) is 0 Å². The van der Waals surface area contributed by atoms with Gasteiger partial charge in [0.2, 0.25) is 17.1 Å². The van der Waals surface area contributed by atoms with Crippen LogP contribution < -0.4 is 0 Å². The first-order valence-corrected chi connectivity index (χ1v) is 8.97. The monoisotopic (exact) mass is 352 g/mol. The third-order valence-electron chi connectivity index (χ3n) is 4.50. The molecule has 0 aromatic carbocycles. The molecule has 3 rings (SSSR count). The zero-order valence-corrected chi connectivity index (χ0v) is 15.8. The predicted octanol–water partition coefficient (Wildman–Crippen LogP) is 2.60. The van der Waals surface area contributed by atoms with Gasteiger partial charge in [-0.1, -0.05) is 6.08 Å². The van der Waals surface area contributed by atoms with Crippen molar-refractivity contribution in [3.63, 3.8) is 0 Å². The third kappa shape index (κ3) is 3.00. The normalized spacial score (nSPS) is 34.1. The second-order valence-electron chi connectivity index (χ2n) is 7.86. The molecule has 25 heavy (non-hydrogen) atoms. The number of rotatable bonds is 5. The van der Waals surface area contributed by atoms with Gasteiger partial charge in [-0.2, -0.15) is 0 Å². The highest BCUT2D eigenvalue weighted by Gasteiger charge is 2.63. The van der Waals surface area contributed by atoms with Crippen LogP contribution in [0.15, 0.2) is 23.2 Å². The number of ketones is 1. The summed E-state index contributed by atoms with van der Waals surface area (Å²) in [6.07, 6.45) is 2.35. The van der Waals surface area contributed by atoms with Crippen molar-refractivity contribution < 1.29 is 28.8 Å². The van der Waals surface area contributed by atoms with Gasteiger partial charge < -0.3 is 24.1 Å². The number of Topliss-reactive ketones (excluding diaryl/α,β-unsaturated/α-hetero) is 1. The van der Waals surface area contributed by atoms with Gasteiger partial charge in [-0.25, -0.2) is 0 Å². The Hall–Kier alpha value is -1.37. The second kappa shape index (κ2) is 6.11. The topological polar surface area (TPSA) is 74.2 Å². The number of carbonyl (C=O) groups excluding carboxylic acids is 1. The van der Waals surface area contributed by atoms with Crippen LogP contribution in [0.2, 0.25) is 0 Å². The fourth-order valence-electron chi connectivity index (χ4n) is 3.63. The molecule has 0 spiro atoms. The maximum absolute atomic E-state index is 12.8. The first kappa shape index (κ1) is 18.4. The van der Waals surface area contributed by atoms with E-state index in [0.29, 0.717) is 12.0 Å². The Labute approximate surface area is 148 Å². The molecular weight excluding hydrogens is 324 g/mol. The molecule has 1 saturated heterocycles. The summed E-state index contributed by atoms with van der Waals surface area (Å²) in [5.74, 6) is -0.937. The number of ether oxygens (including phenoxy) is 4. The molecule has 6 nitrogen and oxygen atoms in total. The zero-order chi connectivity index (χ0) is 18.6. The summed E-state index contributed by atoms with van der Waals surface area (Å²) in [5, 5.41) is 11.3. The number of allylic oxidation sites excluding steroid dienone is 1. The van der Waals surface area contributed by atoms with Crippen molar-refractivity contribution in [2.45, 2.75) is 90.2 Å². The minimum atomic E-state index is -1.83. The maximum atomic E-state index is 12.8. The van der Waals surface area contributed by atoms with Gasteiger partial charge in [0, 0.05) is 5.57 Å². The van der Waals surface area contributed by atoms with Gasteiger partial charge in [0.25, 0.3) is 0 Å². The van der Waals surface area contributed by atoms with Gasteiger partial charge in [0.05, 0.1) is 18.3 Å². The summed E-state index contributed by atoms with van der Waals surface area (Å²) in [6.45, 7) is 11.0. The van der Waals surface area contributed by atoms with Crippen LogP contribution in [0.25, 0.3) is 0 Å². The van der Waals surface area contributed by atoms with Crippen molar-refractivity contribution in [1.29, 1.82) is 0 Å². The third-order valence-corrected chi connectivity index (χ3v) is 4.50. The van der Waals surface area contributed by atoms with Crippen LogP contribution in [0.1, 0.15) is 54.4 Å². The fourth-order valence-corrected chi connectivity index (χ4v) is 3.63. The van der Waals surface area contributed by atoms with Crippen molar-refractivity contribution in [3.05, 3.63) is 23.2 Å². The molecule has 0 amide bonds. The van der Waals surface area contributed by atoms with E-state index in [2.05, 4.69) is 0 Å². The Bertz CT molecular complexity index is 630. The largest absolute Gasteiger partial charge is 0.487 e. The molecule has 0 bridgehead atoms. The van der Waals surface area contributed by atoms with E-state index in [1.165, 1.54) is 0 Å². The van der Waals surface area contributed by atoms with Gasteiger partial charge in [0.15, 0.2) is 11.5 Å². The molecule has 0 saturated carbocycles. The maximum Gasteiger partial charge on any atom is 0.244 e. The Kier molecular flexibility index (Phi) is 4.50. The second-order valence-corrected chi connectivity index (χ2v) is 7.86. The number of hydrogen-bond acceptors (Lipinski definition) is 6. The van der Waals surface area contributed by atoms with Crippen LogP contribution in [0.3, 0.4) is 0 Å². The Morgan fingerprint density at radius 1 is 1.16 bits per heavy atom. The van der Waals surface area contributed by atoms with Gasteiger partial charge in [-0.15, -0.1) is 0 Å². The average Bonchev–Trinajstić information content (AvgIpc) is 2.83. The molecule has 1 heterocycles. The first-order valence-electron chi connectivity index (χ1n) is 8.97. The van der Waals surface area contributed by atoms with Gasteiger partial charge in [-0.05, 0) is 54.4 Å². The Morgan fingerprint density at radius 2 is 1.80 bits per heavy atom. The molecule has 3 aliphatic rings. The van der Waals surface area contributed by atoms with E-state index in [4.69, 9.17) is 18.9 Å². The zero-order valence-electron chi connectivity index (χ0n) is 15.8. The molecule has 2 aliphatic carbocycles. The lowest BCUT2D eigenvalue weighted by Crippen LogP contribution is -2.58. The molecule has 140 valence electrons. The highest BCUT2D eigenvalue weighted by molar-refractivity contribution is 6.12. The van der Waals surface area contributed by atoms with Crippen molar-refractivity contribution in [1.82, 2.24) is 0 Å². The predicted molar refractivity (Wildman–Crippen MR) is 90.6 cm³/mol. The Balaban J connectivity index is 1.98. The number of carbonyl (C=O) groups is 1. The smallest absolute Gasteiger partial charge is 0.244 e. The summed E-state index contributed by atoms with van der Waals surface area (Å²) < 4.78 is 23.3. The van der Waals surface area contributed by atoms with Gasteiger partial charge >= 0.3 is 0 Å². The molecule has 1 fully saturated rings. The van der Waals surface area contributed by atoms with Gasteiger partial charge in [0.1, 0.15) is 6.10 Å². The van der Waals surface area contributed by atoms with E-state index in [9.17, 15) is 9.90 Å². The highest BCUT2D eigenvalue weighted by atomic mass is 16.8. The van der Waals surface area contributed by atoms with Crippen molar-refractivity contribution in [2.75, 3.05) is 0 Å². The molecule has 0 radical (unpaired) electrons. The lowest BCUT2D eigenvalue weighted by atomic mass is 9.71. The lowest BCUT2D eigenvalue weighted by Gasteiger charge is -2.43. The molecule has 0 aromatic heterocycles. The summed E-state index contributed by atoms with van der Waals surface area (Å²) in [4.78, 5) is 12.8. The van der Waals surface area contributed by atoms with Crippen LogP contribution >= 0.6 is 0 Å². The minimum absolute atomic E-state index is 0.104. The van der Waals surface area contributed by atoms with E-state index >= 15 is 0 Å². The number of hydrogen-bond donors (Lipinski definition) is 1.